The van der Waals surface area contributed by atoms with Crippen LogP contribution >= 0.6 is 11.6 Å². The number of amides is 1. The Morgan fingerprint density at radius 1 is 1.09 bits per heavy atom. The van der Waals surface area contributed by atoms with Gasteiger partial charge in [-0.25, -0.2) is 9.99 Å². The van der Waals surface area contributed by atoms with E-state index in [1.54, 1.807) is 48.5 Å². The molecule has 4 aromatic rings. The summed E-state index contributed by atoms with van der Waals surface area (Å²) in [4.78, 5) is 42.1. The first-order valence-corrected chi connectivity index (χ1v) is 11.2. The molecule has 1 atom stereocenters. The number of furan rings is 1. The number of para-hydroxylation sites is 1. The van der Waals surface area contributed by atoms with Gasteiger partial charge < -0.3 is 9.15 Å². The van der Waals surface area contributed by atoms with E-state index in [1.807, 2.05) is 12.1 Å². The van der Waals surface area contributed by atoms with Crippen molar-refractivity contribution in [2.24, 2.45) is 5.10 Å². The van der Waals surface area contributed by atoms with Gasteiger partial charge in [-0.1, -0.05) is 35.9 Å². The largest absolute Gasteiger partial charge is 0.467 e. The van der Waals surface area contributed by atoms with Crippen LogP contribution in [-0.2, 0) is 20.9 Å². The minimum Gasteiger partial charge on any atom is -0.467 e. The van der Waals surface area contributed by atoms with E-state index in [-0.39, 0.29) is 12.1 Å². The van der Waals surface area contributed by atoms with E-state index >= 15 is 0 Å². The normalized spacial score (nSPS) is 15.3. The number of esters is 1. The second kappa shape index (κ2) is 9.55. The van der Waals surface area contributed by atoms with Crippen LogP contribution in [0.2, 0.25) is 5.02 Å². The Labute approximate surface area is 204 Å². The average Bonchev–Trinajstić information content (AvgIpc) is 3.55. The molecule has 0 saturated heterocycles. The van der Waals surface area contributed by atoms with Crippen molar-refractivity contribution < 1.29 is 18.7 Å². The van der Waals surface area contributed by atoms with Crippen LogP contribution in [0.25, 0.3) is 10.9 Å². The first-order chi connectivity index (χ1) is 17.0. The van der Waals surface area contributed by atoms with Gasteiger partial charge in [-0.05, 0) is 42.0 Å². The number of carbonyl (C=O) groups excluding carboxylic acids is 2. The smallest absolute Gasteiger partial charge is 0.326 e. The van der Waals surface area contributed by atoms with Gasteiger partial charge in [-0.2, -0.15) is 5.10 Å². The monoisotopic (exact) mass is 490 g/mol. The van der Waals surface area contributed by atoms with E-state index in [4.69, 9.17) is 20.8 Å². The molecule has 1 aliphatic heterocycles. The summed E-state index contributed by atoms with van der Waals surface area (Å²) in [5.74, 6) is -0.702. The maximum absolute atomic E-state index is 13.0. The lowest BCUT2D eigenvalue weighted by Crippen LogP contribution is -2.32. The average molecular weight is 491 g/mol. The molecule has 176 valence electrons. The van der Waals surface area contributed by atoms with E-state index in [9.17, 15) is 14.4 Å². The second-order valence-corrected chi connectivity index (χ2v) is 8.32. The molecule has 1 amide bonds. The third-order valence-corrected chi connectivity index (χ3v) is 5.85. The highest BCUT2D eigenvalue weighted by Crippen LogP contribution is 2.33. The number of carbonyl (C=O) groups is 2. The maximum Gasteiger partial charge on any atom is 0.326 e. The van der Waals surface area contributed by atoms with Gasteiger partial charge >= 0.3 is 5.97 Å². The van der Waals surface area contributed by atoms with Crippen molar-refractivity contribution in [2.45, 2.75) is 19.0 Å². The topological polar surface area (TPSA) is 107 Å². The summed E-state index contributed by atoms with van der Waals surface area (Å²) in [6, 6.07) is 17.0. The highest BCUT2D eigenvalue weighted by Gasteiger charge is 2.35. The van der Waals surface area contributed by atoms with Gasteiger partial charge in [0.2, 0.25) is 0 Å². The Bertz CT molecular complexity index is 1480. The molecule has 35 heavy (non-hydrogen) atoms. The van der Waals surface area contributed by atoms with E-state index in [1.165, 1.54) is 17.6 Å². The molecule has 0 saturated carbocycles. The van der Waals surface area contributed by atoms with Crippen LogP contribution in [0, 0.1) is 0 Å². The Kier molecular flexibility index (Phi) is 6.15. The Morgan fingerprint density at radius 2 is 1.89 bits per heavy atom. The fourth-order valence-corrected chi connectivity index (χ4v) is 4.00. The van der Waals surface area contributed by atoms with Gasteiger partial charge in [-0.15, -0.1) is 0 Å². The SMILES string of the molecule is O=C(Cn1cnc2ccccc2c1=O)OCC(=O)N1N=C(c2ccc(Cl)cc2)CC1c1ccco1. The summed E-state index contributed by atoms with van der Waals surface area (Å²) in [6.45, 7) is -0.909. The molecule has 0 aliphatic carbocycles. The zero-order valence-electron chi connectivity index (χ0n) is 18.3. The first-order valence-electron chi connectivity index (χ1n) is 10.8. The lowest BCUT2D eigenvalue weighted by molar-refractivity contribution is -0.153. The number of halogens is 1. The van der Waals surface area contributed by atoms with E-state index in [2.05, 4.69) is 10.1 Å². The Morgan fingerprint density at radius 3 is 2.66 bits per heavy atom. The predicted octanol–water partition coefficient (Wildman–Crippen LogP) is 3.56. The van der Waals surface area contributed by atoms with E-state index < -0.39 is 24.5 Å². The third-order valence-electron chi connectivity index (χ3n) is 5.60. The summed E-state index contributed by atoms with van der Waals surface area (Å²) >= 11 is 5.98. The molecular formula is C25H19ClN4O5. The van der Waals surface area contributed by atoms with Gasteiger partial charge in [0.1, 0.15) is 18.3 Å². The first kappa shape index (κ1) is 22.5. The van der Waals surface area contributed by atoms with Crippen LogP contribution in [0.4, 0.5) is 0 Å². The number of aromatic nitrogens is 2. The lowest BCUT2D eigenvalue weighted by Gasteiger charge is -2.19. The molecule has 2 aromatic carbocycles. The number of hydrazone groups is 1. The van der Waals surface area contributed by atoms with Crippen LogP contribution < -0.4 is 5.56 Å². The molecule has 9 nitrogen and oxygen atoms in total. The number of benzene rings is 2. The molecule has 0 N–H and O–H groups in total. The number of fused-ring (bicyclic) bond motifs is 1. The maximum atomic E-state index is 13.0. The number of nitrogens with zero attached hydrogens (tertiary/aromatic N) is 4. The van der Waals surface area contributed by atoms with Gasteiger partial charge in [0.15, 0.2) is 6.61 Å². The zero-order chi connectivity index (χ0) is 24.4. The number of hydrogen-bond acceptors (Lipinski definition) is 7. The minimum absolute atomic E-state index is 0.367. The quantitative estimate of drug-likeness (QED) is 0.382. The fourth-order valence-electron chi connectivity index (χ4n) is 3.87. The van der Waals surface area contributed by atoms with Crippen LogP contribution in [-0.4, -0.2) is 38.8 Å². The van der Waals surface area contributed by atoms with E-state index in [0.717, 1.165) is 10.1 Å². The molecule has 5 rings (SSSR count). The van der Waals surface area contributed by atoms with Crippen LogP contribution in [0.1, 0.15) is 23.8 Å². The van der Waals surface area contributed by atoms with Crippen molar-refractivity contribution in [3.63, 3.8) is 0 Å². The summed E-state index contributed by atoms with van der Waals surface area (Å²) in [7, 11) is 0. The summed E-state index contributed by atoms with van der Waals surface area (Å²) in [6.07, 6.45) is 3.23. The third kappa shape index (κ3) is 4.71. The molecular weight excluding hydrogens is 472 g/mol. The minimum atomic E-state index is -0.742. The lowest BCUT2D eigenvalue weighted by atomic mass is 10.0. The van der Waals surface area contributed by atoms with Gasteiger partial charge in [0.25, 0.3) is 11.5 Å². The highest BCUT2D eigenvalue weighted by molar-refractivity contribution is 6.30. The molecule has 0 radical (unpaired) electrons. The van der Waals surface area contributed by atoms with E-state index in [0.29, 0.717) is 33.8 Å². The molecule has 0 bridgehead atoms. The van der Waals surface area contributed by atoms with Crippen molar-refractivity contribution in [3.05, 3.63) is 100.0 Å². The van der Waals surface area contributed by atoms with Gasteiger partial charge in [-0.3, -0.25) is 19.0 Å². The van der Waals surface area contributed by atoms with Gasteiger partial charge in [0, 0.05) is 11.4 Å². The molecule has 1 aliphatic rings. The van der Waals surface area contributed by atoms with Crippen molar-refractivity contribution in [1.29, 1.82) is 0 Å². The highest BCUT2D eigenvalue weighted by atomic mass is 35.5. The molecule has 10 heteroatoms. The standard InChI is InChI=1S/C25H19ClN4O5/c26-17-9-7-16(8-10-17)20-12-21(22-6-3-11-34-22)30(28-20)23(31)14-35-24(32)13-29-15-27-19-5-2-1-4-18(19)25(29)33/h1-11,15,21H,12-14H2. The molecule has 1 unspecified atom stereocenters. The predicted molar refractivity (Wildman–Crippen MR) is 128 cm³/mol. The molecule has 2 aromatic heterocycles. The van der Waals surface area contributed by atoms with Crippen molar-refractivity contribution in [3.8, 4) is 0 Å². The Hall–Kier alpha value is -4.24. The fraction of sp³-hybridized carbons (Fsp3) is 0.160. The van der Waals surface area contributed by atoms with Gasteiger partial charge in [0.05, 0.1) is 29.2 Å². The number of hydrogen-bond donors (Lipinski definition) is 0. The van der Waals surface area contributed by atoms with Crippen molar-refractivity contribution >= 4 is 40.1 Å². The molecule has 0 spiro atoms. The summed E-state index contributed by atoms with van der Waals surface area (Å²) < 4.78 is 11.8. The van der Waals surface area contributed by atoms with Crippen molar-refractivity contribution in [1.82, 2.24) is 14.6 Å². The Balaban J connectivity index is 1.29. The summed E-state index contributed by atoms with van der Waals surface area (Å²) in [5, 5.41) is 6.72. The molecule has 0 fully saturated rings. The zero-order valence-corrected chi connectivity index (χ0v) is 19.1. The number of rotatable bonds is 6. The second-order valence-electron chi connectivity index (χ2n) is 7.88. The molecule has 3 heterocycles. The summed E-state index contributed by atoms with van der Waals surface area (Å²) in [5.41, 5.74) is 1.66. The number of ether oxygens (including phenoxy) is 1. The van der Waals surface area contributed by atoms with Crippen molar-refractivity contribution in [2.75, 3.05) is 6.61 Å². The van der Waals surface area contributed by atoms with Crippen LogP contribution in [0.3, 0.4) is 0 Å². The van der Waals surface area contributed by atoms with Crippen LogP contribution in [0.15, 0.2) is 87.6 Å². The van der Waals surface area contributed by atoms with Crippen LogP contribution in [0.5, 0.6) is 0 Å².